The van der Waals surface area contributed by atoms with Crippen molar-refractivity contribution in [2.45, 2.75) is 32.1 Å². The highest BCUT2D eigenvalue weighted by atomic mass is 16.5. The molecule has 0 fully saturated rings. The summed E-state index contributed by atoms with van der Waals surface area (Å²) in [6.07, 6.45) is 5.46. The number of carbonyl (C=O) groups is 1. The number of pyridine rings is 1. The number of unbranched alkanes of at least 4 members (excludes halogenated alkanes) is 3. The van der Waals surface area contributed by atoms with Crippen molar-refractivity contribution in [3.05, 3.63) is 48.2 Å². The van der Waals surface area contributed by atoms with Gasteiger partial charge in [0.15, 0.2) is 0 Å². The van der Waals surface area contributed by atoms with E-state index in [1.165, 1.54) is 0 Å². The zero-order chi connectivity index (χ0) is 18.6. The minimum atomic E-state index is -0.733. The zero-order valence-corrected chi connectivity index (χ0v) is 14.6. The first-order valence-corrected chi connectivity index (χ1v) is 8.70. The summed E-state index contributed by atoms with van der Waals surface area (Å²) in [4.78, 5) is 14.8. The maximum atomic E-state index is 10.4. The Hall–Kier alpha value is -2.84. The number of hydrogen-bond acceptors (Lipinski definition) is 4. The fourth-order valence-electron chi connectivity index (χ4n) is 2.42. The number of ether oxygens (including phenoxy) is 1. The summed E-state index contributed by atoms with van der Waals surface area (Å²) in [5, 5.41) is 17.3. The molecule has 5 nitrogen and oxygen atoms in total. The molecule has 136 valence electrons. The van der Waals surface area contributed by atoms with E-state index in [-0.39, 0.29) is 13.0 Å². The van der Waals surface area contributed by atoms with Crippen LogP contribution in [0.2, 0.25) is 0 Å². The molecule has 0 aliphatic heterocycles. The first kappa shape index (κ1) is 19.5. The molecule has 2 aromatic rings. The van der Waals surface area contributed by atoms with Crippen molar-refractivity contribution in [1.82, 2.24) is 4.98 Å². The molecule has 2 rings (SSSR count). The summed E-state index contributed by atoms with van der Waals surface area (Å²) in [5.74, 6) is 5.49. The Morgan fingerprint density at radius 2 is 1.81 bits per heavy atom. The van der Waals surface area contributed by atoms with Gasteiger partial charge in [-0.15, -0.1) is 0 Å². The first-order chi connectivity index (χ1) is 12.7. The van der Waals surface area contributed by atoms with Gasteiger partial charge in [-0.3, -0.25) is 9.78 Å². The van der Waals surface area contributed by atoms with E-state index in [0.717, 1.165) is 48.3 Å². The fourth-order valence-corrected chi connectivity index (χ4v) is 2.42. The lowest BCUT2D eigenvalue weighted by atomic mass is 10.1. The number of carboxylic acids is 1. The highest BCUT2D eigenvalue weighted by Crippen LogP contribution is 2.21. The maximum absolute atomic E-state index is 10.4. The summed E-state index contributed by atoms with van der Waals surface area (Å²) in [7, 11) is 0. The molecule has 0 aliphatic carbocycles. The Bertz CT molecular complexity index is 742. The monoisotopic (exact) mass is 353 g/mol. The summed E-state index contributed by atoms with van der Waals surface area (Å²) in [6, 6.07) is 11.5. The van der Waals surface area contributed by atoms with Gasteiger partial charge in [-0.1, -0.05) is 24.7 Å². The summed E-state index contributed by atoms with van der Waals surface area (Å²) in [5.41, 5.74) is 2.61. The van der Waals surface area contributed by atoms with Crippen LogP contribution in [0.25, 0.3) is 11.3 Å². The number of aromatic nitrogens is 1. The second kappa shape index (κ2) is 10.9. The standard InChI is InChI=1S/C21H23NO4/c23-14-5-6-17-8-13-20(22-16-17)18-9-11-19(12-10-18)26-15-4-2-1-3-7-21(24)25/h8-13,16,23H,1-4,7,14-15H2,(H,24,25). The summed E-state index contributed by atoms with van der Waals surface area (Å²) < 4.78 is 5.71. The zero-order valence-electron chi connectivity index (χ0n) is 14.6. The third-order valence-electron chi connectivity index (χ3n) is 3.78. The van der Waals surface area contributed by atoms with E-state index in [2.05, 4.69) is 16.8 Å². The lowest BCUT2D eigenvalue weighted by Gasteiger charge is -2.07. The molecular weight excluding hydrogens is 330 g/mol. The van der Waals surface area contributed by atoms with Crippen LogP contribution >= 0.6 is 0 Å². The Morgan fingerprint density at radius 3 is 2.46 bits per heavy atom. The van der Waals surface area contributed by atoms with Crippen molar-refractivity contribution in [2.24, 2.45) is 0 Å². The van der Waals surface area contributed by atoms with Gasteiger partial charge >= 0.3 is 5.97 Å². The molecule has 0 atom stereocenters. The normalized spacial score (nSPS) is 10.0. The van der Waals surface area contributed by atoms with E-state index in [1.54, 1.807) is 6.20 Å². The molecule has 0 spiro atoms. The molecule has 26 heavy (non-hydrogen) atoms. The lowest BCUT2D eigenvalue weighted by Crippen LogP contribution is -1.98. The van der Waals surface area contributed by atoms with E-state index in [4.69, 9.17) is 14.9 Å². The molecule has 0 amide bonds. The summed E-state index contributed by atoms with van der Waals surface area (Å²) >= 11 is 0. The Labute approximate surface area is 153 Å². The van der Waals surface area contributed by atoms with Gasteiger partial charge < -0.3 is 14.9 Å². The number of hydrogen-bond donors (Lipinski definition) is 2. The molecular formula is C21H23NO4. The number of aliphatic hydroxyl groups excluding tert-OH is 1. The van der Waals surface area contributed by atoms with Crippen LogP contribution in [0.1, 0.15) is 37.7 Å². The predicted octanol–water partition coefficient (Wildman–Crippen LogP) is 3.51. The smallest absolute Gasteiger partial charge is 0.303 e. The van der Waals surface area contributed by atoms with Gasteiger partial charge in [-0.05, 0) is 49.2 Å². The molecule has 1 aromatic heterocycles. The average molecular weight is 353 g/mol. The third-order valence-corrected chi connectivity index (χ3v) is 3.78. The molecule has 2 N–H and O–H groups in total. The van der Waals surface area contributed by atoms with Crippen molar-refractivity contribution < 1.29 is 19.7 Å². The van der Waals surface area contributed by atoms with E-state index >= 15 is 0 Å². The van der Waals surface area contributed by atoms with Crippen molar-refractivity contribution >= 4 is 5.97 Å². The molecule has 0 unspecified atom stereocenters. The molecule has 0 radical (unpaired) electrons. The average Bonchev–Trinajstić information content (AvgIpc) is 2.66. The highest BCUT2D eigenvalue weighted by Gasteiger charge is 2.01. The molecule has 0 saturated heterocycles. The van der Waals surface area contributed by atoms with Gasteiger partial charge in [0.1, 0.15) is 12.4 Å². The van der Waals surface area contributed by atoms with Gasteiger partial charge in [0.2, 0.25) is 0 Å². The highest BCUT2D eigenvalue weighted by molar-refractivity contribution is 5.66. The molecule has 5 heteroatoms. The van der Waals surface area contributed by atoms with Crippen molar-refractivity contribution in [3.63, 3.8) is 0 Å². The van der Waals surface area contributed by atoms with Crippen LogP contribution in [0.15, 0.2) is 42.6 Å². The molecule has 0 saturated carbocycles. The predicted molar refractivity (Wildman–Crippen MR) is 99.9 cm³/mol. The van der Waals surface area contributed by atoms with Crippen LogP contribution in [0.3, 0.4) is 0 Å². The van der Waals surface area contributed by atoms with Gasteiger partial charge in [0, 0.05) is 23.7 Å². The Morgan fingerprint density at radius 1 is 1.04 bits per heavy atom. The number of aliphatic hydroxyl groups is 1. The van der Waals surface area contributed by atoms with Gasteiger partial charge in [-0.25, -0.2) is 0 Å². The van der Waals surface area contributed by atoms with Crippen LogP contribution in [0, 0.1) is 11.8 Å². The quantitative estimate of drug-likeness (QED) is 0.533. The Balaban J connectivity index is 1.76. The lowest BCUT2D eigenvalue weighted by molar-refractivity contribution is -0.137. The van der Waals surface area contributed by atoms with Crippen molar-refractivity contribution in [1.29, 1.82) is 0 Å². The molecule has 1 heterocycles. The van der Waals surface area contributed by atoms with E-state index in [1.807, 2.05) is 36.4 Å². The van der Waals surface area contributed by atoms with Gasteiger partial charge in [-0.2, -0.15) is 0 Å². The van der Waals surface area contributed by atoms with Crippen molar-refractivity contribution in [2.75, 3.05) is 13.2 Å². The van der Waals surface area contributed by atoms with Crippen LogP contribution < -0.4 is 4.74 Å². The number of benzene rings is 1. The van der Waals surface area contributed by atoms with E-state index < -0.39 is 5.97 Å². The number of nitrogens with zero attached hydrogens (tertiary/aromatic N) is 1. The van der Waals surface area contributed by atoms with Crippen molar-refractivity contribution in [3.8, 4) is 28.8 Å². The molecule has 0 bridgehead atoms. The van der Waals surface area contributed by atoms with Crippen LogP contribution in [-0.2, 0) is 4.79 Å². The number of rotatable bonds is 9. The minimum Gasteiger partial charge on any atom is -0.494 e. The molecule has 1 aromatic carbocycles. The first-order valence-electron chi connectivity index (χ1n) is 8.70. The topological polar surface area (TPSA) is 79.7 Å². The van der Waals surface area contributed by atoms with Crippen LogP contribution in [-0.4, -0.2) is 34.4 Å². The number of aliphatic carboxylic acids is 1. The van der Waals surface area contributed by atoms with E-state index in [0.29, 0.717) is 6.61 Å². The largest absolute Gasteiger partial charge is 0.494 e. The van der Waals surface area contributed by atoms with Gasteiger partial charge in [0.25, 0.3) is 0 Å². The van der Waals surface area contributed by atoms with Crippen LogP contribution in [0.4, 0.5) is 0 Å². The minimum absolute atomic E-state index is 0.161. The van der Waals surface area contributed by atoms with Crippen LogP contribution in [0.5, 0.6) is 5.75 Å². The molecule has 0 aliphatic rings. The second-order valence-electron chi connectivity index (χ2n) is 5.82. The number of carboxylic acid groups (broad SMARTS) is 1. The Kier molecular flexibility index (Phi) is 8.17. The van der Waals surface area contributed by atoms with Gasteiger partial charge in [0.05, 0.1) is 12.3 Å². The third kappa shape index (κ3) is 6.96. The van der Waals surface area contributed by atoms with E-state index in [9.17, 15) is 4.79 Å². The summed E-state index contributed by atoms with van der Waals surface area (Å²) in [6.45, 7) is 0.467. The fraction of sp³-hybridized carbons (Fsp3) is 0.333. The maximum Gasteiger partial charge on any atom is 0.303 e. The second-order valence-corrected chi connectivity index (χ2v) is 5.82. The SMILES string of the molecule is O=C(O)CCCCCCOc1ccc(-c2ccc(C#CCO)cn2)cc1.